The normalized spacial score (nSPS) is 13.4. The lowest BCUT2D eigenvalue weighted by atomic mass is 9.93. The molecule has 0 aliphatic carbocycles. The fourth-order valence-corrected chi connectivity index (χ4v) is 2.91. The van der Waals surface area contributed by atoms with Gasteiger partial charge in [-0.2, -0.15) is 0 Å². The van der Waals surface area contributed by atoms with Gasteiger partial charge in [0, 0.05) is 12.0 Å². The number of nitrogens with one attached hydrogen (secondary N) is 1. The summed E-state index contributed by atoms with van der Waals surface area (Å²) in [5.41, 5.74) is 1.64. The zero-order valence-corrected chi connectivity index (χ0v) is 14.1. The zero-order valence-electron chi connectivity index (χ0n) is 13.2. The van der Waals surface area contributed by atoms with Crippen molar-refractivity contribution in [2.24, 2.45) is 0 Å². The number of aromatic nitrogens is 3. The van der Waals surface area contributed by atoms with Crippen LogP contribution in [-0.2, 0) is 5.41 Å². The van der Waals surface area contributed by atoms with Gasteiger partial charge in [-0.25, -0.2) is 13.9 Å². The second kappa shape index (κ2) is 5.90. The minimum atomic E-state index is -0.725. The molecule has 0 saturated heterocycles. The maximum atomic E-state index is 12.9. The van der Waals surface area contributed by atoms with Gasteiger partial charge in [-0.3, -0.25) is 0 Å². The van der Waals surface area contributed by atoms with Gasteiger partial charge in [-0.15, -0.1) is 5.10 Å². The smallest absolute Gasteiger partial charge is 0.214 e. The Bertz CT molecular complexity index is 772. The molecule has 3 aromatic rings. The number of aliphatic hydroxyl groups is 1. The maximum absolute atomic E-state index is 12.9. The van der Waals surface area contributed by atoms with Crippen LogP contribution in [0.1, 0.15) is 38.1 Å². The highest BCUT2D eigenvalue weighted by Gasteiger charge is 2.19. The summed E-state index contributed by atoms with van der Waals surface area (Å²) in [6.45, 7) is 6.63. The molecule has 1 unspecified atom stereocenters. The number of anilines is 1. The van der Waals surface area contributed by atoms with Gasteiger partial charge in [0.2, 0.25) is 10.1 Å². The van der Waals surface area contributed by atoms with Gasteiger partial charge in [0.15, 0.2) is 0 Å². The summed E-state index contributed by atoms with van der Waals surface area (Å²) in [5, 5.41) is 18.3. The monoisotopic (exact) mass is 334 g/mol. The van der Waals surface area contributed by atoms with Crippen molar-refractivity contribution in [2.75, 3.05) is 11.9 Å². The predicted octanol–water partition coefficient (Wildman–Crippen LogP) is 3.37. The molecule has 0 spiro atoms. The summed E-state index contributed by atoms with van der Waals surface area (Å²) in [6, 6.07) is 5.83. The highest BCUT2D eigenvalue weighted by Crippen LogP contribution is 2.26. The van der Waals surface area contributed by atoms with Gasteiger partial charge < -0.3 is 10.4 Å². The average Bonchev–Trinajstić information content (AvgIpc) is 3.03. The fourth-order valence-electron chi connectivity index (χ4n) is 2.12. The number of hydrogen-bond donors (Lipinski definition) is 2. The summed E-state index contributed by atoms with van der Waals surface area (Å²) in [4.78, 5) is 5.39. The predicted molar refractivity (Wildman–Crippen MR) is 89.4 cm³/mol. The third-order valence-corrected chi connectivity index (χ3v) is 4.39. The standard InChI is InChI=1S/C16H19FN4OS/c1-16(2,3)13-9-21-15(19-13)23-14(20-21)18-8-12(22)10-4-6-11(17)7-5-10/h4-7,9,12,22H,8H2,1-3H3,(H,18,20). The topological polar surface area (TPSA) is 62.5 Å². The number of fused-ring (bicyclic) bond motifs is 1. The number of rotatable bonds is 4. The fraction of sp³-hybridized carbons (Fsp3) is 0.375. The van der Waals surface area contributed by atoms with Crippen LogP contribution in [0.5, 0.6) is 0 Å². The Balaban J connectivity index is 1.67. The third-order valence-electron chi connectivity index (χ3n) is 3.51. The molecule has 2 N–H and O–H groups in total. The Labute approximate surface area is 137 Å². The minimum Gasteiger partial charge on any atom is -0.387 e. The van der Waals surface area contributed by atoms with Crippen LogP contribution in [0.2, 0.25) is 0 Å². The summed E-state index contributed by atoms with van der Waals surface area (Å²) >= 11 is 1.43. The van der Waals surface area contributed by atoms with Gasteiger partial charge in [-0.1, -0.05) is 44.2 Å². The first-order valence-corrected chi connectivity index (χ1v) is 8.19. The first-order chi connectivity index (χ1) is 10.8. The molecule has 5 nitrogen and oxygen atoms in total. The summed E-state index contributed by atoms with van der Waals surface area (Å²) in [7, 11) is 0. The van der Waals surface area contributed by atoms with E-state index >= 15 is 0 Å². The highest BCUT2D eigenvalue weighted by atomic mass is 32.1. The Morgan fingerprint density at radius 2 is 2.00 bits per heavy atom. The number of benzene rings is 1. The van der Waals surface area contributed by atoms with E-state index in [2.05, 4.69) is 36.2 Å². The van der Waals surface area contributed by atoms with E-state index in [0.717, 1.165) is 10.7 Å². The summed E-state index contributed by atoms with van der Waals surface area (Å²) in [5.74, 6) is -0.315. The van der Waals surface area contributed by atoms with E-state index in [1.807, 2.05) is 6.20 Å². The van der Waals surface area contributed by atoms with Crippen molar-refractivity contribution in [3.05, 3.63) is 47.5 Å². The molecular weight excluding hydrogens is 315 g/mol. The van der Waals surface area contributed by atoms with Crippen LogP contribution in [0.3, 0.4) is 0 Å². The molecule has 0 bridgehead atoms. The first-order valence-electron chi connectivity index (χ1n) is 7.37. The molecule has 122 valence electrons. The van der Waals surface area contributed by atoms with Gasteiger partial charge in [-0.05, 0) is 17.7 Å². The van der Waals surface area contributed by atoms with Crippen LogP contribution < -0.4 is 5.32 Å². The molecule has 0 saturated carbocycles. The number of hydrogen-bond acceptors (Lipinski definition) is 5. The third kappa shape index (κ3) is 3.51. The first kappa shape index (κ1) is 15.9. The average molecular weight is 334 g/mol. The van der Waals surface area contributed by atoms with Gasteiger partial charge in [0.25, 0.3) is 0 Å². The Hall–Kier alpha value is -1.99. The molecule has 2 aromatic heterocycles. The van der Waals surface area contributed by atoms with E-state index in [1.54, 1.807) is 16.6 Å². The molecule has 0 aliphatic rings. The second-order valence-electron chi connectivity index (χ2n) is 6.46. The van der Waals surface area contributed by atoms with Crippen molar-refractivity contribution in [1.82, 2.24) is 14.6 Å². The second-order valence-corrected chi connectivity index (χ2v) is 7.41. The number of aliphatic hydroxyl groups excluding tert-OH is 1. The minimum absolute atomic E-state index is 0.0141. The molecule has 7 heteroatoms. The van der Waals surface area contributed by atoms with Crippen LogP contribution in [0.4, 0.5) is 9.52 Å². The van der Waals surface area contributed by atoms with Crippen LogP contribution >= 0.6 is 11.3 Å². The van der Waals surface area contributed by atoms with Crippen molar-refractivity contribution in [3.63, 3.8) is 0 Å². The van der Waals surface area contributed by atoms with E-state index < -0.39 is 6.10 Å². The molecule has 0 radical (unpaired) electrons. The van der Waals surface area contributed by atoms with Gasteiger partial charge in [0.05, 0.1) is 18.0 Å². The van der Waals surface area contributed by atoms with Gasteiger partial charge in [0.1, 0.15) is 5.82 Å². The number of imidazole rings is 1. The van der Waals surface area contributed by atoms with Crippen molar-refractivity contribution >= 4 is 21.4 Å². The quantitative estimate of drug-likeness (QED) is 0.768. The molecule has 0 fully saturated rings. The van der Waals surface area contributed by atoms with Crippen molar-refractivity contribution in [2.45, 2.75) is 32.3 Å². The highest BCUT2D eigenvalue weighted by molar-refractivity contribution is 7.20. The Kier molecular flexibility index (Phi) is 4.08. The molecule has 3 rings (SSSR count). The van der Waals surface area contributed by atoms with E-state index in [1.165, 1.54) is 23.5 Å². The van der Waals surface area contributed by atoms with Crippen LogP contribution in [0.25, 0.3) is 4.96 Å². The number of nitrogens with zero attached hydrogens (tertiary/aromatic N) is 3. The lowest BCUT2D eigenvalue weighted by Gasteiger charge is -2.13. The summed E-state index contributed by atoms with van der Waals surface area (Å²) < 4.78 is 14.6. The molecule has 1 aromatic carbocycles. The molecular formula is C16H19FN4OS. The maximum Gasteiger partial charge on any atom is 0.214 e. The van der Waals surface area contributed by atoms with Crippen LogP contribution in [0, 0.1) is 5.82 Å². The van der Waals surface area contributed by atoms with Crippen molar-refractivity contribution < 1.29 is 9.50 Å². The molecule has 23 heavy (non-hydrogen) atoms. The molecule has 0 amide bonds. The van der Waals surface area contributed by atoms with E-state index in [-0.39, 0.29) is 11.2 Å². The lowest BCUT2D eigenvalue weighted by molar-refractivity contribution is 0.191. The number of halogens is 1. The SMILES string of the molecule is CC(C)(C)c1cn2nc(NCC(O)c3ccc(F)cc3)sc2n1. The van der Waals surface area contributed by atoms with Crippen molar-refractivity contribution in [1.29, 1.82) is 0 Å². The van der Waals surface area contributed by atoms with Crippen LogP contribution in [0.15, 0.2) is 30.5 Å². The molecule has 0 aliphatic heterocycles. The van der Waals surface area contributed by atoms with E-state index in [0.29, 0.717) is 17.2 Å². The molecule has 1 atom stereocenters. The van der Waals surface area contributed by atoms with Crippen LogP contribution in [-0.4, -0.2) is 26.2 Å². The molecule has 2 heterocycles. The largest absolute Gasteiger partial charge is 0.387 e. The van der Waals surface area contributed by atoms with E-state index in [4.69, 9.17) is 0 Å². The van der Waals surface area contributed by atoms with Crippen molar-refractivity contribution in [3.8, 4) is 0 Å². The lowest BCUT2D eigenvalue weighted by Crippen LogP contribution is -2.12. The van der Waals surface area contributed by atoms with Gasteiger partial charge >= 0.3 is 0 Å². The zero-order chi connectivity index (χ0) is 16.6. The summed E-state index contributed by atoms with van der Waals surface area (Å²) in [6.07, 6.45) is 1.20. The Morgan fingerprint density at radius 1 is 1.30 bits per heavy atom. The van der Waals surface area contributed by atoms with E-state index in [9.17, 15) is 9.50 Å². The Morgan fingerprint density at radius 3 is 2.61 bits per heavy atom.